The van der Waals surface area contributed by atoms with E-state index in [-0.39, 0.29) is 18.8 Å². The minimum absolute atomic E-state index is 0.0114. The van der Waals surface area contributed by atoms with Crippen LogP contribution in [-0.4, -0.2) is 49.7 Å². The van der Waals surface area contributed by atoms with E-state index in [2.05, 4.69) is 10.8 Å². The SMILES string of the molecule is COC(=O)/C=C/C(CC1(CO)CCCC(CCC#N)O1)OC. The minimum Gasteiger partial charge on any atom is -0.466 e. The van der Waals surface area contributed by atoms with E-state index in [4.69, 9.17) is 14.7 Å². The van der Waals surface area contributed by atoms with Gasteiger partial charge in [-0.05, 0) is 31.8 Å². The summed E-state index contributed by atoms with van der Waals surface area (Å²) < 4.78 is 16.0. The summed E-state index contributed by atoms with van der Waals surface area (Å²) in [6.07, 6.45) is 6.72. The lowest BCUT2D eigenvalue weighted by molar-refractivity contribution is -0.165. The molecule has 1 aliphatic heterocycles. The summed E-state index contributed by atoms with van der Waals surface area (Å²) in [4.78, 5) is 11.2. The van der Waals surface area contributed by atoms with Crippen molar-refractivity contribution in [3.05, 3.63) is 12.2 Å². The number of carbonyl (C=O) groups excluding carboxylic acids is 1. The van der Waals surface area contributed by atoms with Crippen LogP contribution in [-0.2, 0) is 19.0 Å². The number of aliphatic hydroxyl groups excluding tert-OH is 1. The topological polar surface area (TPSA) is 88.8 Å². The van der Waals surface area contributed by atoms with Crippen LogP contribution in [0, 0.1) is 11.3 Å². The Kier molecular flexibility index (Phi) is 8.10. The Hall–Kier alpha value is -1.42. The molecule has 0 spiro atoms. The first-order valence-electron chi connectivity index (χ1n) is 7.53. The normalized spacial score (nSPS) is 26.5. The highest BCUT2D eigenvalue weighted by Crippen LogP contribution is 2.34. The first kappa shape index (κ1) is 18.6. The summed E-state index contributed by atoms with van der Waals surface area (Å²) in [6.45, 7) is -0.109. The summed E-state index contributed by atoms with van der Waals surface area (Å²) in [7, 11) is 2.86. The van der Waals surface area contributed by atoms with Crippen molar-refractivity contribution in [1.82, 2.24) is 0 Å². The van der Waals surface area contributed by atoms with Crippen LogP contribution in [0.4, 0.5) is 0 Å². The van der Waals surface area contributed by atoms with Crippen LogP contribution in [0.2, 0.25) is 0 Å². The molecule has 22 heavy (non-hydrogen) atoms. The third kappa shape index (κ3) is 5.76. The molecular weight excluding hydrogens is 286 g/mol. The van der Waals surface area contributed by atoms with Gasteiger partial charge in [-0.3, -0.25) is 0 Å². The molecule has 0 aliphatic carbocycles. The van der Waals surface area contributed by atoms with E-state index in [1.165, 1.54) is 13.2 Å². The molecule has 124 valence electrons. The molecule has 0 aromatic carbocycles. The van der Waals surface area contributed by atoms with Crippen molar-refractivity contribution >= 4 is 5.97 Å². The molecule has 1 aliphatic rings. The molecule has 0 aromatic rings. The summed E-state index contributed by atoms with van der Waals surface area (Å²) in [6, 6.07) is 2.12. The Morgan fingerprint density at radius 1 is 1.59 bits per heavy atom. The van der Waals surface area contributed by atoms with E-state index in [1.54, 1.807) is 13.2 Å². The van der Waals surface area contributed by atoms with Crippen molar-refractivity contribution in [1.29, 1.82) is 5.26 Å². The van der Waals surface area contributed by atoms with Gasteiger partial charge in [0.25, 0.3) is 0 Å². The molecule has 3 unspecified atom stereocenters. The van der Waals surface area contributed by atoms with Gasteiger partial charge in [-0.1, -0.05) is 0 Å². The predicted molar refractivity (Wildman–Crippen MR) is 80.0 cm³/mol. The Bertz CT molecular complexity index is 417. The fourth-order valence-corrected chi connectivity index (χ4v) is 2.73. The van der Waals surface area contributed by atoms with E-state index in [0.717, 1.165) is 19.3 Å². The number of rotatable bonds is 8. The molecule has 0 saturated carbocycles. The molecular formula is C16H25NO5. The van der Waals surface area contributed by atoms with E-state index in [9.17, 15) is 9.90 Å². The third-order valence-corrected chi connectivity index (χ3v) is 3.97. The average molecular weight is 311 g/mol. The van der Waals surface area contributed by atoms with Crippen LogP contribution in [0.15, 0.2) is 12.2 Å². The van der Waals surface area contributed by atoms with Crippen LogP contribution >= 0.6 is 0 Å². The molecule has 1 saturated heterocycles. The van der Waals surface area contributed by atoms with Crippen molar-refractivity contribution in [2.24, 2.45) is 0 Å². The van der Waals surface area contributed by atoms with Crippen LogP contribution in [0.3, 0.4) is 0 Å². The monoisotopic (exact) mass is 311 g/mol. The molecule has 0 radical (unpaired) electrons. The first-order chi connectivity index (χ1) is 10.6. The van der Waals surface area contributed by atoms with Crippen LogP contribution in [0.1, 0.15) is 38.5 Å². The zero-order valence-corrected chi connectivity index (χ0v) is 13.3. The lowest BCUT2D eigenvalue weighted by atomic mass is 9.86. The number of hydrogen-bond acceptors (Lipinski definition) is 6. The number of nitrogens with zero attached hydrogens (tertiary/aromatic N) is 1. The van der Waals surface area contributed by atoms with Gasteiger partial charge in [0.15, 0.2) is 0 Å². The van der Waals surface area contributed by atoms with Gasteiger partial charge >= 0.3 is 5.97 Å². The van der Waals surface area contributed by atoms with Crippen molar-refractivity contribution in [3.63, 3.8) is 0 Å². The van der Waals surface area contributed by atoms with Gasteiger partial charge in [-0.25, -0.2) is 4.79 Å². The Morgan fingerprint density at radius 3 is 2.95 bits per heavy atom. The molecule has 6 heteroatoms. The quantitative estimate of drug-likeness (QED) is 0.542. The highest BCUT2D eigenvalue weighted by Gasteiger charge is 2.38. The Balaban J connectivity index is 2.69. The average Bonchev–Trinajstić information content (AvgIpc) is 2.56. The zero-order valence-electron chi connectivity index (χ0n) is 13.3. The summed E-state index contributed by atoms with van der Waals surface area (Å²) in [5.74, 6) is -0.448. The predicted octanol–water partition coefficient (Wildman–Crippen LogP) is 1.72. The molecule has 1 fully saturated rings. The maximum absolute atomic E-state index is 11.2. The fraction of sp³-hybridized carbons (Fsp3) is 0.750. The Labute approximate surface area is 131 Å². The van der Waals surface area contributed by atoms with E-state index >= 15 is 0 Å². The summed E-state index contributed by atoms with van der Waals surface area (Å²) in [5, 5.41) is 18.5. The van der Waals surface area contributed by atoms with Crippen molar-refractivity contribution in [3.8, 4) is 6.07 Å². The second-order valence-electron chi connectivity index (χ2n) is 5.53. The second-order valence-corrected chi connectivity index (χ2v) is 5.53. The van der Waals surface area contributed by atoms with Gasteiger partial charge in [0.2, 0.25) is 0 Å². The van der Waals surface area contributed by atoms with E-state index in [1.807, 2.05) is 0 Å². The van der Waals surface area contributed by atoms with Gasteiger partial charge in [-0.15, -0.1) is 0 Å². The smallest absolute Gasteiger partial charge is 0.330 e. The molecule has 1 rings (SSSR count). The lowest BCUT2D eigenvalue weighted by Gasteiger charge is -2.41. The van der Waals surface area contributed by atoms with Gasteiger partial charge in [-0.2, -0.15) is 5.26 Å². The van der Waals surface area contributed by atoms with Crippen molar-refractivity contribution in [2.75, 3.05) is 20.8 Å². The van der Waals surface area contributed by atoms with E-state index in [0.29, 0.717) is 19.3 Å². The van der Waals surface area contributed by atoms with E-state index < -0.39 is 11.6 Å². The van der Waals surface area contributed by atoms with Crippen LogP contribution in [0.5, 0.6) is 0 Å². The fourth-order valence-electron chi connectivity index (χ4n) is 2.73. The molecule has 6 nitrogen and oxygen atoms in total. The second kappa shape index (κ2) is 9.57. The minimum atomic E-state index is -0.681. The van der Waals surface area contributed by atoms with Gasteiger partial charge in [0.05, 0.1) is 37.6 Å². The number of nitriles is 1. The molecule has 3 atom stereocenters. The maximum Gasteiger partial charge on any atom is 0.330 e. The molecule has 0 aromatic heterocycles. The zero-order chi connectivity index (χ0) is 16.4. The number of aliphatic hydroxyl groups is 1. The summed E-state index contributed by atoms with van der Waals surface area (Å²) in [5.41, 5.74) is -0.681. The summed E-state index contributed by atoms with van der Waals surface area (Å²) >= 11 is 0. The Morgan fingerprint density at radius 2 is 2.36 bits per heavy atom. The number of methoxy groups -OCH3 is 2. The molecule has 0 bridgehead atoms. The van der Waals surface area contributed by atoms with Gasteiger partial charge in [0.1, 0.15) is 0 Å². The molecule has 1 N–H and O–H groups in total. The number of carbonyl (C=O) groups is 1. The third-order valence-electron chi connectivity index (χ3n) is 3.97. The molecule has 0 amide bonds. The number of hydrogen-bond donors (Lipinski definition) is 1. The standard InChI is InChI=1S/C16H25NO5/c1-20-14(7-8-15(19)21-2)11-16(12-18)9-3-5-13(22-16)6-4-10-17/h7-8,13-14,18H,3-6,9,11-12H2,1-2H3/b8-7+. The molecule has 1 heterocycles. The highest BCUT2D eigenvalue weighted by molar-refractivity contribution is 5.81. The highest BCUT2D eigenvalue weighted by atomic mass is 16.5. The van der Waals surface area contributed by atoms with Gasteiger partial charge < -0.3 is 19.3 Å². The maximum atomic E-state index is 11.2. The van der Waals surface area contributed by atoms with Gasteiger partial charge in [0, 0.05) is 26.0 Å². The van der Waals surface area contributed by atoms with Crippen molar-refractivity contribution in [2.45, 2.75) is 56.3 Å². The van der Waals surface area contributed by atoms with Crippen LogP contribution < -0.4 is 0 Å². The number of esters is 1. The van der Waals surface area contributed by atoms with Crippen molar-refractivity contribution < 1.29 is 24.1 Å². The number of ether oxygens (including phenoxy) is 3. The van der Waals surface area contributed by atoms with Crippen LogP contribution in [0.25, 0.3) is 0 Å². The largest absolute Gasteiger partial charge is 0.466 e. The first-order valence-corrected chi connectivity index (χ1v) is 7.53. The lowest BCUT2D eigenvalue weighted by Crippen LogP contribution is -2.46.